The lowest BCUT2D eigenvalue weighted by Crippen LogP contribution is -2.31. The molecule has 74 valence electrons. The monoisotopic (exact) mass is 171 g/mol. The third-order valence-corrected chi connectivity index (χ3v) is 3.09. The molecule has 3 unspecified atom stereocenters. The van der Waals surface area contributed by atoms with E-state index >= 15 is 0 Å². The van der Waals surface area contributed by atoms with E-state index in [0.29, 0.717) is 6.04 Å². The molecule has 0 aromatic rings. The second-order valence-electron chi connectivity index (χ2n) is 3.99. The van der Waals surface area contributed by atoms with Crippen molar-refractivity contribution in [3.05, 3.63) is 0 Å². The fourth-order valence-corrected chi connectivity index (χ4v) is 1.64. The van der Waals surface area contributed by atoms with Crippen LogP contribution in [0.5, 0.6) is 0 Å². The summed E-state index contributed by atoms with van der Waals surface area (Å²) in [5, 5.41) is 3.35. The van der Waals surface area contributed by atoms with Gasteiger partial charge in [-0.3, -0.25) is 0 Å². The molecule has 0 fully saturated rings. The van der Waals surface area contributed by atoms with Crippen molar-refractivity contribution < 1.29 is 0 Å². The molecule has 0 heterocycles. The van der Waals surface area contributed by atoms with E-state index < -0.39 is 0 Å². The largest absolute Gasteiger partial charge is 0.317 e. The number of nitrogens with one attached hydrogen (secondary N) is 1. The Balaban J connectivity index is 3.81. The van der Waals surface area contributed by atoms with Crippen molar-refractivity contribution in [1.82, 2.24) is 5.32 Å². The Morgan fingerprint density at radius 3 is 2.00 bits per heavy atom. The maximum Gasteiger partial charge on any atom is 0.00639 e. The minimum absolute atomic E-state index is 0.670. The minimum atomic E-state index is 0.670. The highest BCUT2D eigenvalue weighted by Gasteiger charge is 2.15. The van der Waals surface area contributed by atoms with Gasteiger partial charge < -0.3 is 5.32 Å². The second-order valence-corrected chi connectivity index (χ2v) is 3.99. The Morgan fingerprint density at radius 2 is 1.67 bits per heavy atom. The molecule has 0 rings (SSSR count). The lowest BCUT2D eigenvalue weighted by atomic mass is 9.87. The zero-order valence-electron chi connectivity index (χ0n) is 9.35. The summed E-state index contributed by atoms with van der Waals surface area (Å²) in [7, 11) is 2.06. The van der Waals surface area contributed by atoms with E-state index in [1.54, 1.807) is 0 Å². The van der Waals surface area contributed by atoms with E-state index in [0.717, 1.165) is 11.8 Å². The van der Waals surface area contributed by atoms with Crippen LogP contribution < -0.4 is 5.32 Å². The predicted octanol–water partition coefficient (Wildman–Crippen LogP) is 3.06. The average molecular weight is 171 g/mol. The Morgan fingerprint density at radius 1 is 1.08 bits per heavy atom. The number of rotatable bonds is 6. The molecular formula is C11H25N. The van der Waals surface area contributed by atoms with Crippen molar-refractivity contribution in [2.45, 2.75) is 53.0 Å². The number of hydrogen-bond donors (Lipinski definition) is 1. The highest BCUT2D eigenvalue weighted by atomic mass is 14.9. The van der Waals surface area contributed by atoms with Crippen molar-refractivity contribution in [2.24, 2.45) is 11.8 Å². The standard InChI is InChI=1S/C11H25N/c1-6-9(3)8-11(7-2)10(4)12-5/h9-12H,6-8H2,1-5H3. The summed E-state index contributed by atoms with van der Waals surface area (Å²) in [6, 6.07) is 0.670. The van der Waals surface area contributed by atoms with E-state index in [1.165, 1.54) is 19.3 Å². The molecule has 1 heteroatoms. The van der Waals surface area contributed by atoms with E-state index in [2.05, 4.69) is 40.1 Å². The quantitative estimate of drug-likeness (QED) is 0.647. The Labute approximate surface area is 77.9 Å². The summed E-state index contributed by atoms with van der Waals surface area (Å²) in [6.07, 6.45) is 3.98. The van der Waals surface area contributed by atoms with Crippen LogP contribution in [0, 0.1) is 11.8 Å². The molecule has 0 saturated carbocycles. The first-order valence-corrected chi connectivity index (χ1v) is 5.32. The topological polar surface area (TPSA) is 12.0 Å². The van der Waals surface area contributed by atoms with Gasteiger partial charge in [0.05, 0.1) is 0 Å². The van der Waals surface area contributed by atoms with Crippen LogP contribution in [0.3, 0.4) is 0 Å². The highest BCUT2D eigenvalue weighted by molar-refractivity contribution is 4.71. The molecule has 0 bridgehead atoms. The lowest BCUT2D eigenvalue weighted by molar-refractivity contribution is 0.306. The van der Waals surface area contributed by atoms with Crippen LogP contribution in [0.4, 0.5) is 0 Å². The van der Waals surface area contributed by atoms with Crippen molar-refractivity contribution in [1.29, 1.82) is 0 Å². The SMILES string of the molecule is CCC(C)CC(CC)C(C)NC. The fourth-order valence-electron chi connectivity index (χ4n) is 1.64. The van der Waals surface area contributed by atoms with Gasteiger partial charge in [0.15, 0.2) is 0 Å². The molecule has 1 nitrogen and oxygen atoms in total. The van der Waals surface area contributed by atoms with Gasteiger partial charge in [0.2, 0.25) is 0 Å². The van der Waals surface area contributed by atoms with Crippen LogP contribution in [-0.4, -0.2) is 13.1 Å². The average Bonchev–Trinajstić information content (AvgIpc) is 2.12. The van der Waals surface area contributed by atoms with Gasteiger partial charge in [-0.05, 0) is 32.2 Å². The van der Waals surface area contributed by atoms with Crippen molar-refractivity contribution in [2.75, 3.05) is 7.05 Å². The molecular weight excluding hydrogens is 146 g/mol. The third-order valence-electron chi connectivity index (χ3n) is 3.09. The van der Waals surface area contributed by atoms with Crippen LogP contribution >= 0.6 is 0 Å². The van der Waals surface area contributed by atoms with Gasteiger partial charge in [-0.1, -0.05) is 33.6 Å². The van der Waals surface area contributed by atoms with Gasteiger partial charge >= 0.3 is 0 Å². The molecule has 0 aliphatic heterocycles. The van der Waals surface area contributed by atoms with Gasteiger partial charge in [-0.15, -0.1) is 0 Å². The van der Waals surface area contributed by atoms with Crippen molar-refractivity contribution >= 4 is 0 Å². The van der Waals surface area contributed by atoms with E-state index in [-0.39, 0.29) is 0 Å². The summed E-state index contributed by atoms with van der Waals surface area (Å²) in [5.74, 6) is 1.73. The minimum Gasteiger partial charge on any atom is -0.317 e. The first-order chi connectivity index (χ1) is 5.65. The molecule has 0 aliphatic carbocycles. The Kier molecular flexibility index (Phi) is 6.45. The van der Waals surface area contributed by atoms with Crippen molar-refractivity contribution in [3.8, 4) is 0 Å². The normalized spacial score (nSPS) is 18.8. The molecule has 1 N–H and O–H groups in total. The summed E-state index contributed by atoms with van der Waals surface area (Å²) in [4.78, 5) is 0. The van der Waals surface area contributed by atoms with E-state index in [4.69, 9.17) is 0 Å². The van der Waals surface area contributed by atoms with Gasteiger partial charge in [-0.2, -0.15) is 0 Å². The first kappa shape index (κ1) is 12.0. The summed E-state index contributed by atoms with van der Waals surface area (Å²) in [6.45, 7) is 9.21. The highest BCUT2D eigenvalue weighted by Crippen LogP contribution is 2.20. The van der Waals surface area contributed by atoms with E-state index in [1.807, 2.05) is 0 Å². The summed E-state index contributed by atoms with van der Waals surface area (Å²) in [5.41, 5.74) is 0. The Hall–Kier alpha value is -0.0400. The van der Waals surface area contributed by atoms with E-state index in [9.17, 15) is 0 Å². The first-order valence-electron chi connectivity index (χ1n) is 5.32. The van der Waals surface area contributed by atoms with Crippen LogP contribution in [0.25, 0.3) is 0 Å². The molecule has 0 aliphatic rings. The molecule has 0 aromatic heterocycles. The smallest absolute Gasteiger partial charge is 0.00639 e. The molecule has 12 heavy (non-hydrogen) atoms. The zero-order valence-corrected chi connectivity index (χ0v) is 9.35. The van der Waals surface area contributed by atoms with Gasteiger partial charge in [0.25, 0.3) is 0 Å². The summed E-state index contributed by atoms with van der Waals surface area (Å²) >= 11 is 0. The van der Waals surface area contributed by atoms with Crippen LogP contribution in [0.1, 0.15) is 47.0 Å². The van der Waals surface area contributed by atoms with Gasteiger partial charge in [-0.25, -0.2) is 0 Å². The second kappa shape index (κ2) is 6.47. The van der Waals surface area contributed by atoms with Crippen LogP contribution in [-0.2, 0) is 0 Å². The third kappa shape index (κ3) is 4.10. The lowest BCUT2D eigenvalue weighted by Gasteiger charge is -2.24. The zero-order chi connectivity index (χ0) is 9.56. The predicted molar refractivity (Wildman–Crippen MR) is 56.4 cm³/mol. The van der Waals surface area contributed by atoms with Crippen LogP contribution in [0.2, 0.25) is 0 Å². The maximum absolute atomic E-state index is 3.35. The van der Waals surface area contributed by atoms with Gasteiger partial charge in [0.1, 0.15) is 0 Å². The molecule has 3 atom stereocenters. The molecule has 0 amide bonds. The molecule has 0 radical (unpaired) electrons. The fraction of sp³-hybridized carbons (Fsp3) is 1.00. The molecule has 0 saturated heterocycles. The molecule has 0 aromatic carbocycles. The van der Waals surface area contributed by atoms with Gasteiger partial charge in [0, 0.05) is 6.04 Å². The van der Waals surface area contributed by atoms with Crippen molar-refractivity contribution in [3.63, 3.8) is 0 Å². The maximum atomic E-state index is 3.35. The van der Waals surface area contributed by atoms with Crippen LogP contribution in [0.15, 0.2) is 0 Å². The number of hydrogen-bond acceptors (Lipinski definition) is 1. The summed E-state index contributed by atoms with van der Waals surface area (Å²) < 4.78 is 0. The molecule has 0 spiro atoms. The Bertz CT molecular complexity index is 101.